The number of hydrogen-bond acceptors (Lipinski definition) is 0. The molecule has 1 aromatic rings. The molecule has 0 aromatic heterocycles. The Morgan fingerprint density at radius 2 is 1.61 bits per heavy atom. The molecule has 0 nitrogen and oxygen atoms in total. The van der Waals surface area contributed by atoms with Crippen LogP contribution in [-0.2, 0) is 0 Å². The van der Waals surface area contributed by atoms with Gasteiger partial charge in [-0.05, 0) is 43.2 Å². The van der Waals surface area contributed by atoms with Crippen LogP contribution in [0.25, 0.3) is 5.57 Å². The van der Waals surface area contributed by atoms with Gasteiger partial charge in [0.05, 0.1) is 0 Å². The fraction of sp³-hybridized carbons (Fsp3) is 0.565. The second kappa shape index (κ2) is 10.5. The molecule has 2 atom stereocenters. The van der Waals surface area contributed by atoms with Crippen LogP contribution in [0.1, 0.15) is 79.4 Å². The summed E-state index contributed by atoms with van der Waals surface area (Å²) in [6, 6.07) is 8.96. The minimum absolute atomic E-state index is 0.350. The summed E-state index contributed by atoms with van der Waals surface area (Å²) in [4.78, 5) is 0. The van der Waals surface area contributed by atoms with E-state index in [1.54, 1.807) is 5.57 Å². The van der Waals surface area contributed by atoms with Gasteiger partial charge in [0.1, 0.15) is 0 Å². The second-order valence-electron chi connectivity index (χ2n) is 6.11. The summed E-state index contributed by atoms with van der Waals surface area (Å²) >= 11 is 0. The lowest BCUT2D eigenvalue weighted by atomic mass is 9.65. The van der Waals surface area contributed by atoms with Gasteiger partial charge in [-0.25, -0.2) is 0 Å². The molecule has 1 aliphatic carbocycles. The smallest absolute Gasteiger partial charge is 0.00280 e. The van der Waals surface area contributed by atoms with E-state index in [9.17, 15) is 0 Å². The highest BCUT2D eigenvalue weighted by Gasteiger charge is 2.34. The molecule has 2 rings (SSSR count). The number of rotatable bonds is 2. The molecule has 0 saturated heterocycles. The minimum atomic E-state index is 0.350. The fourth-order valence-electron chi connectivity index (χ4n) is 3.38. The van der Waals surface area contributed by atoms with Crippen molar-refractivity contribution in [2.45, 2.75) is 75.2 Å². The van der Waals surface area contributed by atoms with Crippen molar-refractivity contribution in [3.05, 3.63) is 53.1 Å². The van der Waals surface area contributed by atoms with E-state index in [-0.39, 0.29) is 0 Å². The maximum Gasteiger partial charge on any atom is 0.00280 e. The summed E-state index contributed by atoms with van der Waals surface area (Å²) < 4.78 is 0. The van der Waals surface area contributed by atoms with Crippen LogP contribution in [0.15, 0.2) is 42.0 Å². The van der Waals surface area contributed by atoms with Crippen molar-refractivity contribution < 1.29 is 0 Å². The first-order valence-corrected chi connectivity index (χ1v) is 9.45. The van der Waals surface area contributed by atoms with Gasteiger partial charge < -0.3 is 0 Å². The molecule has 0 N–H and O–H groups in total. The number of hydrogen-bond donors (Lipinski definition) is 0. The van der Waals surface area contributed by atoms with Gasteiger partial charge in [0.25, 0.3) is 0 Å². The Bertz CT molecular complexity index is 501. The van der Waals surface area contributed by atoms with E-state index >= 15 is 0 Å². The van der Waals surface area contributed by atoms with Crippen molar-refractivity contribution >= 4 is 5.57 Å². The van der Waals surface area contributed by atoms with Crippen LogP contribution >= 0.6 is 0 Å². The zero-order valence-electron chi connectivity index (χ0n) is 17.0. The van der Waals surface area contributed by atoms with Crippen LogP contribution in [0, 0.1) is 18.3 Å². The Kier molecular flexibility index (Phi) is 9.88. The largest absolute Gasteiger partial charge is 0.0873 e. The topological polar surface area (TPSA) is 0 Å². The van der Waals surface area contributed by atoms with Gasteiger partial charge in [-0.15, -0.1) is 0 Å². The van der Waals surface area contributed by atoms with Crippen molar-refractivity contribution in [2.75, 3.05) is 0 Å². The first kappa shape index (κ1) is 21.7. The SMILES string of the molecule is C/C=C1/C(C)C(c2ccc(C)cc2)=CCC1(C)CC.CC.CC. The fourth-order valence-corrected chi connectivity index (χ4v) is 3.38. The van der Waals surface area contributed by atoms with Crippen molar-refractivity contribution in [3.8, 4) is 0 Å². The molecule has 0 heterocycles. The monoisotopic (exact) mass is 314 g/mol. The van der Waals surface area contributed by atoms with Crippen molar-refractivity contribution in [2.24, 2.45) is 11.3 Å². The van der Waals surface area contributed by atoms with Crippen LogP contribution < -0.4 is 0 Å². The zero-order chi connectivity index (χ0) is 18.0. The maximum atomic E-state index is 2.46. The van der Waals surface area contributed by atoms with E-state index in [1.807, 2.05) is 27.7 Å². The third-order valence-corrected chi connectivity index (χ3v) is 4.88. The van der Waals surface area contributed by atoms with Gasteiger partial charge in [-0.1, -0.05) is 96.0 Å². The van der Waals surface area contributed by atoms with E-state index in [2.05, 4.69) is 71.0 Å². The van der Waals surface area contributed by atoms with Crippen molar-refractivity contribution in [1.29, 1.82) is 0 Å². The van der Waals surface area contributed by atoms with Gasteiger partial charge in [-0.2, -0.15) is 0 Å². The average Bonchev–Trinajstić information content (AvgIpc) is 2.60. The van der Waals surface area contributed by atoms with E-state index in [1.165, 1.54) is 23.1 Å². The predicted octanol–water partition coefficient (Wildman–Crippen LogP) is 7.83. The van der Waals surface area contributed by atoms with Crippen molar-refractivity contribution in [3.63, 3.8) is 0 Å². The molecule has 1 aromatic carbocycles. The highest BCUT2D eigenvalue weighted by atomic mass is 14.4. The normalized spacial score (nSPS) is 24.8. The Morgan fingerprint density at radius 1 is 1.09 bits per heavy atom. The highest BCUT2D eigenvalue weighted by Crippen LogP contribution is 2.48. The summed E-state index contributed by atoms with van der Waals surface area (Å²) in [7, 11) is 0. The first-order valence-electron chi connectivity index (χ1n) is 9.45. The molecule has 0 heteroatoms. The summed E-state index contributed by atoms with van der Waals surface area (Å²) in [6.45, 7) is 19.4. The van der Waals surface area contributed by atoms with Gasteiger partial charge in [0, 0.05) is 5.92 Å². The van der Waals surface area contributed by atoms with Crippen LogP contribution in [-0.4, -0.2) is 0 Å². The molecule has 0 spiro atoms. The molecule has 0 aliphatic heterocycles. The van der Waals surface area contributed by atoms with E-state index in [0.29, 0.717) is 11.3 Å². The molecule has 0 amide bonds. The van der Waals surface area contributed by atoms with Crippen LogP contribution in [0.5, 0.6) is 0 Å². The van der Waals surface area contributed by atoms with Crippen molar-refractivity contribution in [1.82, 2.24) is 0 Å². The second-order valence-corrected chi connectivity index (χ2v) is 6.11. The Labute approximate surface area is 145 Å². The lowest BCUT2D eigenvalue weighted by Crippen LogP contribution is -2.26. The average molecular weight is 315 g/mol. The van der Waals surface area contributed by atoms with Gasteiger partial charge in [-0.3, -0.25) is 0 Å². The van der Waals surface area contributed by atoms with E-state index in [4.69, 9.17) is 0 Å². The number of benzene rings is 1. The summed E-state index contributed by atoms with van der Waals surface area (Å²) in [5, 5.41) is 0. The molecule has 130 valence electrons. The molecule has 0 bridgehead atoms. The van der Waals surface area contributed by atoms with Gasteiger partial charge in [0.2, 0.25) is 0 Å². The Balaban J connectivity index is 0.00000112. The zero-order valence-corrected chi connectivity index (χ0v) is 17.0. The molecule has 0 radical (unpaired) electrons. The molecule has 0 fully saturated rings. The van der Waals surface area contributed by atoms with Gasteiger partial charge in [0.15, 0.2) is 0 Å². The summed E-state index contributed by atoms with van der Waals surface area (Å²) in [5.41, 5.74) is 6.17. The van der Waals surface area contributed by atoms with Gasteiger partial charge >= 0.3 is 0 Å². The van der Waals surface area contributed by atoms with Crippen LogP contribution in [0.4, 0.5) is 0 Å². The van der Waals surface area contributed by atoms with E-state index in [0.717, 1.165) is 6.42 Å². The molecule has 0 saturated carbocycles. The third-order valence-electron chi connectivity index (χ3n) is 4.88. The molecule has 2 unspecified atom stereocenters. The number of aryl methyl sites for hydroxylation is 1. The Morgan fingerprint density at radius 3 is 2.04 bits per heavy atom. The highest BCUT2D eigenvalue weighted by molar-refractivity contribution is 5.71. The lowest BCUT2D eigenvalue weighted by molar-refractivity contribution is 0.352. The first-order chi connectivity index (χ1) is 11.0. The van der Waals surface area contributed by atoms with Crippen LogP contribution in [0.2, 0.25) is 0 Å². The number of allylic oxidation sites excluding steroid dienone is 4. The van der Waals surface area contributed by atoms with Crippen LogP contribution in [0.3, 0.4) is 0 Å². The standard InChI is InChI=1S/C19H26.2C2H6/c1-6-18-15(4)17(12-13-19(18,5)7-2)16-10-8-14(3)9-11-16;2*1-2/h6,8-12,15H,7,13H2,1-5H3;2*1-2H3/b18-6-;;. The summed E-state index contributed by atoms with van der Waals surface area (Å²) in [6.07, 6.45) is 7.19. The lowest BCUT2D eigenvalue weighted by Gasteiger charge is -2.39. The molecular formula is C23H38. The quantitative estimate of drug-likeness (QED) is 0.488. The minimum Gasteiger partial charge on any atom is -0.0873 e. The molecular weight excluding hydrogens is 276 g/mol. The van der Waals surface area contributed by atoms with E-state index < -0.39 is 0 Å². The maximum absolute atomic E-state index is 2.46. The third kappa shape index (κ3) is 5.09. The molecule has 23 heavy (non-hydrogen) atoms. The molecule has 1 aliphatic rings. The predicted molar refractivity (Wildman–Crippen MR) is 108 cm³/mol. The Hall–Kier alpha value is -1.30. The summed E-state index contributed by atoms with van der Waals surface area (Å²) in [5.74, 6) is 0.534.